The molecule has 3 N–H and O–H groups in total. The Morgan fingerprint density at radius 1 is 1.05 bits per heavy atom. The molecule has 3 nitrogen and oxygen atoms in total. The average Bonchev–Trinajstić information content (AvgIpc) is 2.44. The van der Waals surface area contributed by atoms with Crippen molar-refractivity contribution in [3.8, 4) is 5.75 Å². The number of alkyl halides is 2. The molecular weight excluding hydrogens is 288 g/mol. The van der Waals surface area contributed by atoms with E-state index in [1.807, 2.05) is 0 Å². The number of hydrazine groups is 1. The molecule has 0 fully saturated rings. The van der Waals surface area contributed by atoms with Crippen LogP contribution in [0.15, 0.2) is 42.5 Å². The topological polar surface area (TPSA) is 47.3 Å². The van der Waals surface area contributed by atoms with Gasteiger partial charge in [-0.1, -0.05) is 24.3 Å². The van der Waals surface area contributed by atoms with Gasteiger partial charge in [-0.25, -0.2) is 14.2 Å². The van der Waals surface area contributed by atoms with Crippen LogP contribution in [0.3, 0.4) is 0 Å². The molecule has 0 saturated heterocycles. The van der Waals surface area contributed by atoms with Crippen molar-refractivity contribution < 1.29 is 22.3 Å². The van der Waals surface area contributed by atoms with E-state index in [0.717, 1.165) is 6.07 Å². The maximum absolute atomic E-state index is 13.8. The zero-order valence-electron chi connectivity index (χ0n) is 10.7. The summed E-state index contributed by atoms with van der Waals surface area (Å²) in [5.74, 6) is 3.21. The molecule has 0 heterocycles. The second kappa shape index (κ2) is 6.55. The fourth-order valence-electron chi connectivity index (χ4n) is 1.98. The van der Waals surface area contributed by atoms with Crippen molar-refractivity contribution in [2.24, 2.45) is 5.84 Å². The predicted octanol–water partition coefficient (Wildman–Crippen LogP) is 3.12. The van der Waals surface area contributed by atoms with E-state index in [0.29, 0.717) is 5.56 Å². The average molecular weight is 300 g/mol. The number of ether oxygens (including phenoxy) is 1. The zero-order valence-corrected chi connectivity index (χ0v) is 10.7. The highest BCUT2D eigenvalue weighted by Gasteiger charge is 2.19. The first-order chi connectivity index (χ1) is 10.0. The Hall–Kier alpha value is -2.12. The number of rotatable bonds is 5. The Kier molecular flexibility index (Phi) is 4.77. The molecule has 0 aliphatic rings. The standard InChI is InChI=1S/C14H12F4N2O/c15-11-6-2-5-10(12(11)16)13(20-19)8-3-1-4-9(7-8)21-14(17)18/h1-7,13-14,20H,19H2. The fourth-order valence-corrected chi connectivity index (χ4v) is 1.98. The lowest BCUT2D eigenvalue weighted by Gasteiger charge is -2.18. The highest BCUT2D eigenvalue weighted by molar-refractivity contribution is 5.37. The van der Waals surface area contributed by atoms with Crippen LogP contribution in [-0.2, 0) is 0 Å². The van der Waals surface area contributed by atoms with Crippen LogP contribution in [0.4, 0.5) is 17.6 Å². The van der Waals surface area contributed by atoms with Gasteiger partial charge in [-0.15, -0.1) is 0 Å². The lowest BCUT2D eigenvalue weighted by Crippen LogP contribution is -2.29. The summed E-state index contributed by atoms with van der Waals surface area (Å²) >= 11 is 0. The SMILES string of the molecule is NNC(c1cccc(OC(F)F)c1)c1cccc(F)c1F. The van der Waals surface area contributed by atoms with Gasteiger partial charge in [0.15, 0.2) is 11.6 Å². The summed E-state index contributed by atoms with van der Waals surface area (Å²) in [6.07, 6.45) is 0. The molecule has 0 spiro atoms. The molecule has 2 aromatic carbocycles. The van der Waals surface area contributed by atoms with Gasteiger partial charge in [-0.3, -0.25) is 5.84 Å². The minimum Gasteiger partial charge on any atom is -0.435 e. The summed E-state index contributed by atoms with van der Waals surface area (Å²) in [6.45, 7) is -2.98. The van der Waals surface area contributed by atoms with Crippen LogP contribution >= 0.6 is 0 Å². The molecule has 0 radical (unpaired) electrons. The number of halogens is 4. The van der Waals surface area contributed by atoms with Crippen molar-refractivity contribution in [1.29, 1.82) is 0 Å². The quantitative estimate of drug-likeness (QED) is 0.507. The van der Waals surface area contributed by atoms with E-state index in [1.54, 1.807) is 0 Å². The van der Waals surface area contributed by atoms with Gasteiger partial charge in [0.2, 0.25) is 0 Å². The van der Waals surface area contributed by atoms with Crippen LogP contribution < -0.4 is 16.0 Å². The molecule has 1 atom stereocenters. The third-order valence-corrected chi connectivity index (χ3v) is 2.88. The number of hydrogen-bond acceptors (Lipinski definition) is 3. The number of benzene rings is 2. The van der Waals surface area contributed by atoms with E-state index in [9.17, 15) is 17.6 Å². The molecule has 1 unspecified atom stereocenters. The molecule has 0 saturated carbocycles. The Balaban J connectivity index is 2.39. The molecule has 2 aromatic rings. The first kappa shape index (κ1) is 15.3. The Labute approximate surface area is 118 Å². The Bertz CT molecular complexity index is 622. The summed E-state index contributed by atoms with van der Waals surface area (Å²) in [4.78, 5) is 0. The van der Waals surface area contributed by atoms with Crippen LogP contribution in [0.2, 0.25) is 0 Å². The highest BCUT2D eigenvalue weighted by atomic mass is 19.3. The molecule has 21 heavy (non-hydrogen) atoms. The van der Waals surface area contributed by atoms with Crippen LogP contribution in [0.25, 0.3) is 0 Å². The first-order valence-corrected chi connectivity index (χ1v) is 5.97. The summed E-state index contributed by atoms with van der Waals surface area (Å²) in [5.41, 5.74) is 2.66. The second-order valence-electron chi connectivity index (χ2n) is 4.19. The minimum absolute atomic E-state index is 0.0355. The van der Waals surface area contributed by atoms with E-state index >= 15 is 0 Å². The summed E-state index contributed by atoms with van der Waals surface area (Å²) < 4.78 is 55.8. The Morgan fingerprint density at radius 3 is 2.43 bits per heavy atom. The highest BCUT2D eigenvalue weighted by Crippen LogP contribution is 2.27. The lowest BCUT2D eigenvalue weighted by atomic mass is 9.98. The summed E-state index contributed by atoms with van der Waals surface area (Å²) in [5, 5.41) is 0. The molecular formula is C14H12F4N2O. The van der Waals surface area contributed by atoms with Gasteiger partial charge in [-0.2, -0.15) is 8.78 Å². The molecule has 0 aliphatic carbocycles. The fraction of sp³-hybridized carbons (Fsp3) is 0.143. The molecule has 7 heteroatoms. The minimum atomic E-state index is -2.98. The normalized spacial score (nSPS) is 12.5. The maximum Gasteiger partial charge on any atom is 0.387 e. The monoisotopic (exact) mass is 300 g/mol. The third kappa shape index (κ3) is 3.50. The van der Waals surface area contributed by atoms with Gasteiger partial charge in [0, 0.05) is 5.56 Å². The molecule has 0 aliphatic heterocycles. The van der Waals surface area contributed by atoms with Gasteiger partial charge in [-0.05, 0) is 23.8 Å². The summed E-state index contributed by atoms with van der Waals surface area (Å²) in [7, 11) is 0. The van der Waals surface area contributed by atoms with Gasteiger partial charge in [0.05, 0.1) is 6.04 Å². The largest absolute Gasteiger partial charge is 0.435 e. The maximum atomic E-state index is 13.8. The van der Waals surface area contributed by atoms with Crippen LogP contribution in [-0.4, -0.2) is 6.61 Å². The molecule has 0 amide bonds. The Morgan fingerprint density at radius 2 is 1.76 bits per heavy atom. The van der Waals surface area contributed by atoms with Crippen molar-refractivity contribution in [2.75, 3.05) is 0 Å². The lowest BCUT2D eigenvalue weighted by molar-refractivity contribution is -0.0498. The molecule has 0 bridgehead atoms. The van der Waals surface area contributed by atoms with Gasteiger partial charge >= 0.3 is 6.61 Å². The van der Waals surface area contributed by atoms with Crippen molar-refractivity contribution in [2.45, 2.75) is 12.7 Å². The number of hydrogen-bond donors (Lipinski definition) is 2. The third-order valence-electron chi connectivity index (χ3n) is 2.88. The van der Waals surface area contributed by atoms with Crippen LogP contribution in [0.5, 0.6) is 5.75 Å². The van der Waals surface area contributed by atoms with Crippen LogP contribution in [0, 0.1) is 11.6 Å². The number of nitrogens with one attached hydrogen (secondary N) is 1. The molecule has 112 valence electrons. The zero-order chi connectivity index (χ0) is 15.4. The van der Waals surface area contributed by atoms with Gasteiger partial charge < -0.3 is 4.74 Å². The van der Waals surface area contributed by atoms with Gasteiger partial charge in [0.1, 0.15) is 5.75 Å². The van der Waals surface area contributed by atoms with E-state index in [1.165, 1.54) is 36.4 Å². The first-order valence-electron chi connectivity index (χ1n) is 5.97. The smallest absolute Gasteiger partial charge is 0.387 e. The molecule has 0 aromatic heterocycles. The second-order valence-corrected chi connectivity index (χ2v) is 4.19. The van der Waals surface area contributed by atoms with E-state index in [4.69, 9.17) is 5.84 Å². The van der Waals surface area contributed by atoms with Gasteiger partial charge in [0.25, 0.3) is 0 Å². The van der Waals surface area contributed by atoms with Crippen molar-refractivity contribution in [3.05, 3.63) is 65.2 Å². The van der Waals surface area contributed by atoms with E-state index < -0.39 is 24.3 Å². The van der Waals surface area contributed by atoms with Crippen LogP contribution in [0.1, 0.15) is 17.2 Å². The number of nitrogens with two attached hydrogens (primary N) is 1. The predicted molar refractivity (Wildman–Crippen MR) is 68.6 cm³/mol. The van der Waals surface area contributed by atoms with Crippen molar-refractivity contribution >= 4 is 0 Å². The van der Waals surface area contributed by atoms with E-state index in [2.05, 4.69) is 10.2 Å². The van der Waals surface area contributed by atoms with Crippen molar-refractivity contribution in [3.63, 3.8) is 0 Å². The van der Waals surface area contributed by atoms with E-state index in [-0.39, 0.29) is 11.3 Å². The van der Waals surface area contributed by atoms with Crippen molar-refractivity contribution in [1.82, 2.24) is 5.43 Å². The summed E-state index contributed by atoms with van der Waals surface area (Å²) in [6, 6.07) is 8.35. The molecule has 2 rings (SSSR count).